The Bertz CT molecular complexity index is 550. The van der Waals surface area contributed by atoms with Gasteiger partial charge in [-0.25, -0.2) is 4.79 Å². The van der Waals surface area contributed by atoms with Gasteiger partial charge in [-0.05, 0) is 19.3 Å². The van der Waals surface area contributed by atoms with Crippen molar-refractivity contribution in [2.45, 2.75) is 25.8 Å². The maximum Gasteiger partial charge on any atom is 0.332 e. The molecule has 0 spiro atoms. The first-order valence-electron chi connectivity index (χ1n) is 6.32. The van der Waals surface area contributed by atoms with Crippen LogP contribution in [-0.4, -0.2) is 22.2 Å². The molecule has 0 atom stereocenters. The molecule has 1 aliphatic rings. The van der Waals surface area contributed by atoms with Crippen LogP contribution in [0.25, 0.3) is 0 Å². The molecule has 0 aliphatic carbocycles. The van der Waals surface area contributed by atoms with E-state index in [0.717, 1.165) is 36.3 Å². The maximum atomic E-state index is 12.1. The predicted octanol–water partition coefficient (Wildman–Crippen LogP) is 0.723. The zero-order chi connectivity index (χ0) is 13.1. The van der Waals surface area contributed by atoms with Crippen LogP contribution in [0.5, 0.6) is 0 Å². The van der Waals surface area contributed by atoms with Crippen LogP contribution in [0.15, 0.2) is 28.3 Å². The molecule has 5 heteroatoms. The van der Waals surface area contributed by atoms with Crippen LogP contribution >= 0.6 is 0 Å². The lowest BCUT2D eigenvalue weighted by Gasteiger charge is -2.30. The molecular formula is C13H19N3O2. The second kappa shape index (κ2) is 5.25. The summed E-state index contributed by atoms with van der Waals surface area (Å²) in [6.45, 7) is 5.91. The SMILES string of the molecule is C=CCn1c(N2CCCCC2)cc(=O)n(C)c1=O. The molecule has 2 rings (SSSR count). The zero-order valence-electron chi connectivity index (χ0n) is 10.8. The van der Waals surface area contributed by atoms with Gasteiger partial charge in [0, 0.05) is 32.7 Å². The van der Waals surface area contributed by atoms with Crippen LogP contribution in [0, 0.1) is 0 Å². The molecule has 0 saturated carbocycles. The third kappa shape index (κ3) is 2.25. The van der Waals surface area contributed by atoms with Crippen LogP contribution in [0.2, 0.25) is 0 Å². The highest BCUT2D eigenvalue weighted by Crippen LogP contribution is 2.17. The van der Waals surface area contributed by atoms with E-state index < -0.39 is 0 Å². The van der Waals surface area contributed by atoms with Gasteiger partial charge in [-0.3, -0.25) is 13.9 Å². The molecule has 0 radical (unpaired) electrons. The van der Waals surface area contributed by atoms with Crippen LogP contribution in [0.3, 0.4) is 0 Å². The third-order valence-corrected chi connectivity index (χ3v) is 3.37. The summed E-state index contributed by atoms with van der Waals surface area (Å²) < 4.78 is 2.75. The number of anilines is 1. The van der Waals surface area contributed by atoms with E-state index in [1.807, 2.05) is 0 Å². The highest BCUT2D eigenvalue weighted by Gasteiger charge is 2.16. The monoisotopic (exact) mass is 249 g/mol. The van der Waals surface area contributed by atoms with Gasteiger partial charge >= 0.3 is 5.69 Å². The number of hydrogen-bond acceptors (Lipinski definition) is 3. The first-order valence-corrected chi connectivity index (χ1v) is 6.32. The minimum Gasteiger partial charge on any atom is -0.358 e. The fourth-order valence-corrected chi connectivity index (χ4v) is 2.34. The van der Waals surface area contributed by atoms with Gasteiger partial charge < -0.3 is 4.90 Å². The fourth-order valence-electron chi connectivity index (χ4n) is 2.34. The molecule has 0 bridgehead atoms. The van der Waals surface area contributed by atoms with Gasteiger partial charge in [-0.2, -0.15) is 0 Å². The Balaban J connectivity index is 2.53. The van der Waals surface area contributed by atoms with E-state index in [9.17, 15) is 9.59 Å². The first kappa shape index (κ1) is 12.7. The van der Waals surface area contributed by atoms with Gasteiger partial charge in [-0.1, -0.05) is 6.08 Å². The van der Waals surface area contributed by atoms with Crippen molar-refractivity contribution in [3.63, 3.8) is 0 Å². The summed E-state index contributed by atoms with van der Waals surface area (Å²) in [5.41, 5.74) is -0.524. The molecule has 1 fully saturated rings. The van der Waals surface area contributed by atoms with Crippen molar-refractivity contribution in [2.24, 2.45) is 7.05 Å². The average molecular weight is 249 g/mol. The average Bonchev–Trinajstić information content (AvgIpc) is 2.40. The fraction of sp³-hybridized carbons (Fsp3) is 0.538. The molecule has 1 aromatic heterocycles. The highest BCUT2D eigenvalue weighted by atomic mass is 16.2. The van der Waals surface area contributed by atoms with Gasteiger partial charge in [0.1, 0.15) is 5.82 Å². The molecule has 0 amide bonds. The summed E-state index contributed by atoms with van der Waals surface area (Å²) >= 11 is 0. The summed E-state index contributed by atoms with van der Waals surface area (Å²) in [7, 11) is 1.50. The number of aromatic nitrogens is 2. The number of allylic oxidation sites excluding steroid dienone is 1. The lowest BCUT2D eigenvalue weighted by atomic mass is 10.1. The zero-order valence-corrected chi connectivity index (χ0v) is 10.8. The van der Waals surface area contributed by atoms with E-state index in [1.165, 1.54) is 13.5 Å². The number of rotatable bonds is 3. The summed E-state index contributed by atoms with van der Waals surface area (Å²) in [4.78, 5) is 26.0. The van der Waals surface area contributed by atoms with Crippen molar-refractivity contribution in [3.05, 3.63) is 39.6 Å². The van der Waals surface area contributed by atoms with E-state index in [2.05, 4.69) is 11.5 Å². The summed E-state index contributed by atoms with van der Waals surface area (Å²) in [5.74, 6) is 0.725. The molecule has 0 aromatic carbocycles. The Morgan fingerprint density at radius 3 is 2.56 bits per heavy atom. The van der Waals surface area contributed by atoms with E-state index in [-0.39, 0.29) is 11.2 Å². The Labute approximate surface area is 106 Å². The highest BCUT2D eigenvalue weighted by molar-refractivity contribution is 5.39. The lowest BCUT2D eigenvalue weighted by Crippen LogP contribution is -2.42. The second-order valence-electron chi connectivity index (χ2n) is 4.63. The minimum absolute atomic E-state index is 0.249. The van der Waals surface area contributed by atoms with Crippen LogP contribution in [0.1, 0.15) is 19.3 Å². The largest absolute Gasteiger partial charge is 0.358 e. The quantitative estimate of drug-likeness (QED) is 0.742. The predicted molar refractivity (Wildman–Crippen MR) is 72.2 cm³/mol. The molecule has 1 aromatic rings. The Morgan fingerprint density at radius 1 is 1.28 bits per heavy atom. The standard InChI is InChI=1S/C13H19N3O2/c1-3-7-16-11(15-8-5-4-6-9-15)10-12(17)14(2)13(16)18/h3,10H,1,4-9H2,2H3. The Morgan fingerprint density at radius 2 is 1.94 bits per heavy atom. The van der Waals surface area contributed by atoms with Gasteiger partial charge in [0.25, 0.3) is 5.56 Å². The molecule has 2 heterocycles. The molecule has 98 valence electrons. The second-order valence-corrected chi connectivity index (χ2v) is 4.63. The van der Waals surface area contributed by atoms with Gasteiger partial charge in [0.05, 0.1) is 0 Å². The topological polar surface area (TPSA) is 47.2 Å². The molecule has 0 N–H and O–H groups in total. The Kier molecular flexibility index (Phi) is 3.69. The van der Waals surface area contributed by atoms with Crippen LogP contribution in [0.4, 0.5) is 5.82 Å². The lowest BCUT2D eigenvalue weighted by molar-refractivity contribution is 0.549. The van der Waals surface area contributed by atoms with Crippen LogP contribution < -0.4 is 16.1 Å². The van der Waals surface area contributed by atoms with Crippen molar-refractivity contribution < 1.29 is 0 Å². The molecule has 0 unspecified atom stereocenters. The van der Waals surface area contributed by atoms with Crippen molar-refractivity contribution >= 4 is 5.82 Å². The molecule has 18 heavy (non-hydrogen) atoms. The molecule has 1 aliphatic heterocycles. The summed E-state index contributed by atoms with van der Waals surface area (Å²) in [6.07, 6.45) is 5.11. The summed E-state index contributed by atoms with van der Waals surface area (Å²) in [6, 6.07) is 1.55. The minimum atomic E-state index is -0.275. The van der Waals surface area contributed by atoms with E-state index in [4.69, 9.17) is 0 Å². The number of piperidine rings is 1. The maximum absolute atomic E-state index is 12.1. The first-order chi connectivity index (χ1) is 8.65. The van der Waals surface area contributed by atoms with Crippen LogP contribution in [-0.2, 0) is 13.6 Å². The van der Waals surface area contributed by atoms with Gasteiger partial charge in [-0.15, -0.1) is 6.58 Å². The van der Waals surface area contributed by atoms with Gasteiger partial charge in [0.15, 0.2) is 0 Å². The van der Waals surface area contributed by atoms with E-state index in [0.29, 0.717) is 6.54 Å². The number of nitrogens with zero attached hydrogens (tertiary/aromatic N) is 3. The molecule has 1 saturated heterocycles. The van der Waals surface area contributed by atoms with Crippen molar-refractivity contribution in [3.8, 4) is 0 Å². The molecular weight excluding hydrogens is 230 g/mol. The van der Waals surface area contributed by atoms with Crippen molar-refractivity contribution in [2.75, 3.05) is 18.0 Å². The smallest absolute Gasteiger partial charge is 0.332 e. The molecule has 5 nitrogen and oxygen atoms in total. The third-order valence-electron chi connectivity index (χ3n) is 3.37. The summed E-state index contributed by atoms with van der Waals surface area (Å²) in [5, 5.41) is 0. The normalized spacial score (nSPS) is 15.7. The van der Waals surface area contributed by atoms with Crippen molar-refractivity contribution in [1.29, 1.82) is 0 Å². The Hall–Kier alpha value is -1.78. The van der Waals surface area contributed by atoms with Crippen molar-refractivity contribution in [1.82, 2.24) is 9.13 Å². The van der Waals surface area contributed by atoms with Gasteiger partial charge in [0.2, 0.25) is 0 Å². The van der Waals surface area contributed by atoms with E-state index in [1.54, 1.807) is 16.7 Å². The number of hydrogen-bond donors (Lipinski definition) is 0. The van der Waals surface area contributed by atoms with E-state index >= 15 is 0 Å².